The third-order valence-corrected chi connectivity index (χ3v) is 5.56. The van der Waals surface area contributed by atoms with Crippen LogP contribution in [0, 0.1) is 10.5 Å². The van der Waals surface area contributed by atoms with E-state index in [1.165, 1.54) is 14.7 Å². The molecule has 1 aromatic carbocycles. The van der Waals surface area contributed by atoms with Crippen molar-refractivity contribution in [3.63, 3.8) is 0 Å². The number of aryl methyl sites for hydroxylation is 2. The molecule has 1 aromatic heterocycles. The van der Waals surface area contributed by atoms with Crippen LogP contribution in [0.2, 0.25) is 0 Å². The summed E-state index contributed by atoms with van der Waals surface area (Å²) in [6.07, 6.45) is 2.08. The molecule has 0 saturated carbocycles. The molecule has 2 rings (SSSR count). The zero-order valence-corrected chi connectivity index (χ0v) is 16.0. The van der Waals surface area contributed by atoms with Crippen molar-refractivity contribution in [3.05, 3.63) is 32.3 Å². The highest BCUT2D eigenvalue weighted by Crippen LogP contribution is 2.30. The molecule has 0 spiro atoms. The van der Waals surface area contributed by atoms with Gasteiger partial charge in [-0.3, -0.25) is 0 Å². The van der Waals surface area contributed by atoms with Gasteiger partial charge in [-0.15, -0.1) is 10.2 Å². The first kappa shape index (κ1) is 16.8. The molecule has 1 heterocycles. The molecule has 0 saturated heterocycles. The summed E-state index contributed by atoms with van der Waals surface area (Å²) in [5.74, 6) is 0. The van der Waals surface area contributed by atoms with Crippen LogP contribution in [-0.4, -0.2) is 22.3 Å². The van der Waals surface area contributed by atoms with Crippen LogP contribution in [0.25, 0.3) is 10.6 Å². The van der Waals surface area contributed by atoms with Crippen molar-refractivity contribution < 1.29 is 0 Å². The Morgan fingerprint density at radius 1 is 1.24 bits per heavy atom. The van der Waals surface area contributed by atoms with Crippen molar-refractivity contribution in [2.45, 2.75) is 46.1 Å². The summed E-state index contributed by atoms with van der Waals surface area (Å²) in [7, 11) is 0. The van der Waals surface area contributed by atoms with Crippen LogP contribution >= 0.6 is 33.9 Å². The van der Waals surface area contributed by atoms with Crippen LogP contribution in [0.3, 0.4) is 0 Å². The predicted molar refractivity (Wildman–Crippen MR) is 98.9 cm³/mol. The van der Waals surface area contributed by atoms with Gasteiger partial charge in [-0.25, -0.2) is 0 Å². The monoisotopic (exact) mass is 415 g/mol. The molecule has 114 valence electrons. The third-order valence-electron chi connectivity index (χ3n) is 3.11. The standard InChI is InChI=1S/C16H22IN3S/c1-11-7-5-8-12(14(11)17)15-20-19-13(21-15)9-6-10-18-16(2,3)4/h5,7-8,18H,6,9-10H2,1-4H3. The van der Waals surface area contributed by atoms with Crippen molar-refractivity contribution in [1.82, 2.24) is 15.5 Å². The lowest BCUT2D eigenvalue weighted by atomic mass is 10.1. The van der Waals surface area contributed by atoms with E-state index in [0.717, 1.165) is 29.4 Å². The molecule has 0 amide bonds. The molecule has 0 radical (unpaired) electrons. The fourth-order valence-corrected chi connectivity index (χ4v) is 3.69. The number of benzene rings is 1. The van der Waals surface area contributed by atoms with Gasteiger partial charge in [-0.05, 0) is 68.8 Å². The number of hydrogen-bond donors (Lipinski definition) is 1. The number of aromatic nitrogens is 2. The maximum atomic E-state index is 4.36. The topological polar surface area (TPSA) is 37.8 Å². The van der Waals surface area contributed by atoms with Gasteiger partial charge in [0.2, 0.25) is 0 Å². The molecule has 21 heavy (non-hydrogen) atoms. The maximum Gasteiger partial charge on any atom is 0.148 e. The van der Waals surface area contributed by atoms with Crippen LogP contribution < -0.4 is 5.32 Å². The molecule has 3 nitrogen and oxygen atoms in total. The second-order valence-electron chi connectivity index (χ2n) is 6.22. The van der Waals surface area contributed by atoms with Gasteiger partial charge in [0.15, 0.2) is 0 Å². The summed E-state index contributed by atoms with van der Waals surface area (Å²) < 4.78 is 1.27. The van der Waals surface area contributed by atoms with Crippen LogP contribution in [0.15, 0.2) is 18.2 Å². The average molecular weight is 415 g/mol. The second kappa shape index (κ2) is 7.15. The highest BCUT2D eigenvalue weighted by atomic mass is 127. The smallest absolute Gasteiger partial charge is 0.148 e. The number of halogens is 1. The van der Waals surface area contributed by atoms with Crippen molar-refractivity contribution in [2.24, 2.45) is 0 Å². The average Bonchev–Trinajstić information content (AvgIpc) is 2.85. The van der Waals surface area contributed by atoms with Gasteiger partial charge in [-0.2, -0.15) is 0 Å². The van der Waals surface area contributed by atoms with Gasteiger partial charge in [0.25, 0.3) is 0 Å². The number of rotatable bonds is 5. The summed E-state index contributed by atoms with van der Waals surface area (Å²) >= 11 is 4.10. The largest absolute Gasteiger partial charge is 0.312 e. The first-order valence-corrected chi connectivity index (χ1v) is 9.09. The third kappa shape index (κ3) is 5.00. The highest BCUT2D eigenvalue weighted by Gasteiger charge is 2.12. The quantitative estimate of drug-likeness (QED) is 0.580. The van der Waals surface area contributed by atoms with E-state index in [4.69, 9.17) is 0 Å². The van der Waals surface area contributed by atoms with Gasteiger partial charge in [-0.1, -0.05) is 29.5 Å². The molecule has 2 aromatic rings. The van der Waals surface area contributed by atoms with Crippen LogP contribution in [0.5, 0.6) is 0 Å². The van der Waals surface area contributed by atoms with E-state index in [1.54, 1.807) is 11.3 Å². The Balaban J connectivity index is 1.97. The summed E-state index contributed by atoms with van der Waals surface area (Å²) in [4.78, 5) is 0. The number of hydrogen-bond acceptors (Lipinski definition) is 4. The van der Waals surface area contributed by atoms with E-state index in [2.05, 4.69) is 84.0 Å². The molecular weight excluding hydrogens is 393 g/mol. The SMILES string of the molecule is Cc1cccc(-c2nnc(CCCNC(C)(C)C)s2)c1I. The lowest BCUT2D eigenvalue weighted by Gasteiger charge is -2.20. The van der Waals surface area contributed by atoms with E-state index in [-0.39, 0.29) is 5.54 Å². The van der Waals surface area contributed by atoms with E-state index >= 15 is 0 Å². The highest BCUT2D eigenvalue weighted by molar-refractivity contribution is 14.1. The van der Waals surface area contributed by atoms with Gasteiger partial charge < -0.3 is 5.32 Å². The Morgan fingerprint density at radius 3 is 2.71 bits per heavy atom. The Morgan fingerprint density at radius 2 is 2.00 bits per heavy atom. The van der Waals surface area contributed by atoms with Crippen molar-refractivity contribution >= 4 is 33.9 Å². The predicted octanol–water partition coefficient (Wildman–Crippen LogP) is 4.44. The Kier molecular flexibility index (Phi) is 5.73. The lowest BCUT2D eigenvalue weighted by molar-refractivity contribution is 0.422. The Labute approximate surface area is 144 Å². The molecule has 5 heteroatoms. The molecule has 0 bridgehead atoms. The van der Waals surface area contributed by atoms with Gasteiger partial charge in [0, 0.05) is 21.1 Å². The zero-order valence-electron chi connectivity index (χ0n) is 13.0. The number of nitrogens with one attached hydrogen (secondary N) is 1. The summed E-state index contributed by atoms with van der Waals surface area (Å²) in [5.41, 5.74) is 2.68. The second-order valence-corrected chi connectivity index (χ2v) is 8.36. The van der Waals surface area contributed by atoms with Crippen LogP contribution in [0.1, 0.15) is 37.8 Å². The molecule has 0 unspecified atom stereocenters. The van der Waals surface area contributed by atoms with E-state index in [0.29, 0.717) is 0 Å². The van der Waals surface area contributed by atoms with Crippen molar-refractivity contribution in [3.8, 4) is 10.6 Å². The maximum absolute atomic E-state index is 4.36. The summed E-state index contributed by atoms with van der Waals surface area (Å²) in [6.45, 7) is 9.72. The zero-order chi connectivity index (χ0) is 15.5. The summed E-state index contributed by atoms with van der Waals surface area (Å²) in [6, 6.07) is 6.34. The van der Waals surface area contributed by atoms with E-state index < -0.39 is 0 Å². The molecule has 0 fully saturated rings. The van der Waals surface area contributed by atoms with Gasteiger partial charge in [0.1, 0.15) is 10.0 Å². The lowest BCUT2D eigenvalue weighted by Crippen LogP contribution is -2.36. The Hall–Kier alpha value is -0.530. The molecule has 0 atom stereocenters. The summed E-state index contributed by atoms with van der Waals surface area (Å²) in [5, 5.41) is 14.3. The van der Waals surface area contributed by atoms with Crippen molar-refractivity contribution in [1.29, 1.82) is 0 Å². The van der Waals surface area contributed by atoms with Crippen LogP contribution in [0.4, 0.5) is 0 Å². The molecule has 0 aliphatic carbocycles. The van der Waals surface area contributed by atoms with Gasteiger partial charge >= 0.3 is 0 Å². The normalized spacial score (nSPS) is 11.9. The number of nitrogens with zero attached hydrogens (tertiary/aromatic N) is 2. The minimum Gasteiger partial charge on any atom is -0.312 e. The first-order valence-electron chi connectivity index (χ1n) is 7.20. The fraction of sp³-hybridized carbons (Fsp3) is 0.500. The molecular formula is C16H22IN3S. The minimum atomic E-state index is 0.184. The van der Waals surface area contributed by atoms with E-state index in [1.807, 2.05) is 0 Å². The minimum absolute atomic E-state index is 0.184. The van der Waals surface area contributed by atoms with Gasteiger partial charge in [0.05, 0.1) is 0 Å². The fourth-order valence-electron chi connectivity index (χ4n) is 1.98. The van der Waals surface area contributed by atoms with Crippen LogP contribution in [-0.2, 0) is 6.42 Å². The Bertz CT molecular complexity index is 602. The molecule has 1 N–H and O–H groups in total. The first-order chi connectivity index (χ1) is 9.87. The van der Waals surface area contributed by atoms with Crippen molar-refractivity contribution in [2.75, 3.05) is 6.54 Å². The molecule has 0 aliphatic rings. The molecule has 0 aliphatic heterocycles. The van der Waals surface area contributed by atoms with E-state index in [9.17, 15) is 0 Å².